The zero-order valence-corrected chi connectivity index (χ0v) is 13.1. The molecule has 1 N–H and O–H groups in total. The van der Waals surface area contributed by atoms with Crippen LogP contribution in [0.1, 0.15) is 16.7 Å². The van der Waals surface area contributed by atoms with Gasteiger partial charge in [0.1, 0.15) is 24.7 Å². The van der Waals surface area contributed by atoms with Gasteiger partial charge in [0.05, 0.1) is 11.5 Å². The van der Waals surface area contributed by atoms with E-state index in [1.165, 1.54) is 18.6 Å². The summed E-state index contributed by atoms with van der Waals surface area (Å²) in [5, 5.41) is 18.0. The average Bonchev–Trinajstić information content (AvgIpc) is 3.08. The van der Waals surface area contributed by atoms with Crippen LogP contribution >= 0.6 is 0 Å². The van der Waals surface area contributed by atoms with E-state index >= 15 is 0 Å². The second-order valence-corrected chi connectivity index (χ2v) is 5.38. The van der Waals surface area contributed by atoms with Crippen LogP contribution in [0.5, 0.6) is 0 Å². The molecule has 0 aliphatic carbocycles. The van der Waals surface area contributed by atoms with E-state index in [0.717, 1.165) is 16.7 Å². The first kappa shape index (κ1) is 15.6. The van der Waals surface area contributed by atoms with Crippen LogP contribution in [0.25, 0.3) is 0 Å². The molecule has 0 radical (unpaired) electrons. The van der Waals surface area contributed by atoms with E-state index in [1.807, 2.05) is 24.3 Å². The average molecular weight is 324 g/mol. The number of rotatable bonds is 6. The highest BCUT2D eigenvalue weighted by atomic mass is 16.6. The van der Waals surface area contributed by atoms with Gasteiger partial charge in [-0.3, -0.25) is 10.1 Å². The van der Waals surface area contributed by atoms with E-state index in [2.05, 4.69) is 20.4 Å². The third-order valence-corrected chi connectivity index (χ3v) is 3.57. The fourth-order valence-corrected chi connectivity index (χ4v) is 2.29. The lowest BCUT2D eigenvalue weighted by Gasteiger charge is -2.09. The van der Waals surface area contributed by atoms with E-state index < -0.39 is 4.92 Å². The molecule has 0 amide bonds. The zero-order valence-electron chi connectivity index (χ0n) is 13.1. The molecular formula is C16H16N6O2. The Morgan fingerprint density at radius 2 is 2.00 bits per heavy atom. The van der Waals surface area contributed by atoms with E-state index in [0.29, 0.717) is 18.9 Å². The van der Waals surface area contributed by atoms with Crippen molar-refractivity contribution in [3.63, 3.8) is 0 Å². The molecule has 0 unspecified atom stereocenters. The van der Waals surface area contributed by atoms with Gasteiger partial charge in [0.15, 0.2) is 0 Å². The molecule has 0 fully saturated rings. The van der Waals surface area contributed by atoms with E-state index in [4.69, 9.17) is 0 Å². The third kappa shape index (κ3) is 3.72. The van der Waals surface area contributed by atoms with Gasteiger partial charge in [-0.25, -0.2) is 14.6 Å². The van der Waals surface area contributed by atoms with Crippen LogP contribution in [-0.2, 0) is 13.1 Å². The molecule has 0 aliphatic rings. The van der Waals surface area contributed by atoms with E-state index in [1.54, 1.807) is 17.9 Å². The molecule has 0 spiro atoms. The van der Waals surface area contributed by atoms with Crippen LogP contribution in [0.2, 0.25) is 0 Å². The summed E-state index contributed by atoms with van der Waals surface area (Å²) in [7, 11) is 0. The van der Waals surface area contributed by atoms with Crippen molar-refractivity contribution in [2.24, 2.45) is 0 Å². The summed E-state index contributed by atoms with van der Waals surface area (Å²) < 4.78 is 1.76. The molecule has 0 saturated carbocycles. The SMILES string of the molecule is Cc1cc([N+](=O)[O-])cnc1NCc1ccc(Cn2cncn2)cc1. The predicted molar refractivity (Wildman–Crippen MR) is 88.5 cm³/mol. The minimum Gasteiger partial charge on any atom is -0.366 e. The van der Waals surface area contributed by atoms with Crippen molar-refractivity contribution < 1.29 is 4.92 Å². The number of aromatic nitrogens is 4. The lowest BCUT2D eigenvalue weighted by atomic mass is 10.1. The number of pyridine rings is 1. The molecule has 0 saturated heterocycles. The topological polar surface area (TPSA) is 98.8 Å². The first-order valence-electron chi connectivity index (χ1n) is 7.37. The summed E-state index contributed by atoms with van der Waals surface area (Å²) >= 11 is 0. The van der Waals surface area contributed by atoms with E-state index in [9.17, 15) is 10.1 Å². The Labute approximate surface area is 138 Å². The molecule has 3 aromatic rings. The second-order valence-electron chi connectivity index (χ2n) is 5.38. The molecule has 2 heterocycles. The summed E-state index contributed by atoms with van der Waals surface area (Å²) in [6, 6.07) is 9.64. The Morgan fingerprint density at radius 3 is 2.62 bits per heavy atom. The third-order valence-electron chi connectivity index (χ3n) is 3.57. The monoisotopic (exact) mass is 324 g/mol. The van der Waals surface area contributed by atoms with E-state index in [-0.39, 0.29) is 5.69 Å². The van der Waals surface area contributed by atoms with Crippen molar-refractivity contribution in [3.8, 4) is 0 Å². The van der Waals surface area contributed by atoms with Crippen LogP contribution in [0.4, 0.5) is 11.5 Å². The van der Waals surface area contributed by atoms with Crippen LogP contribution in [0.15, 0.2) is 49.2 Å². The number of anilines is 1. The number of hydrogen-bond donors (Lipinski definition) is 1. The van der Waals surface area contributed by atoms with Gasteiger partial charge in [-0.05, 0) is 23.6 Å². The maximum Gasteiger partial charge on any atom is 0.287 e. The van der Waals surface area contributed by atoms with Gasteiger partial charge in [-0.1, -0.05) is 24.3 Å². The molecule has 122 valence electrons. The Morgan fingerprint density at radius 1 is 1.25 bits per heavy atom. The van der Waals surface area contributed by atoms with Crippen LogP contribution < -0.4 is 5.32 Å². The summed E-state index contributed by atoms with van der Waals surface area (Å²) in [6.45, 7) is 3.07. The van der Waals surface area contributed by atoms with Crippen molar-refractivity contribution in [2.45, 2.75) is 20.0 Å². The van der Waals surface area contributed by atoms with Crippen LogP contribution in [0, 0.1) is 17.0 Å². The summed E-state index contributed by atoms with van der Waals surface area (Å²) in [4.78, 5) is 18.3. The minimum absolute atomic E-state index is 0.00415. The first-order chi connectivity index (χ1) is 11.6. The fourth-order valence-electron chi connectivity index (χ4n) is 2.29. The molecule has 8 heteroatoms. The summed E-state index contributed by atoms with van der Waals surface area (Å²) in [6.07, 6.45) is 4.45. The van der Waals surface area contributed by atoms with Gasteiger partial charge in [0.25, 0.3) is 5.69 Å². The fraction of sp³-hybridized carbons (Fsp3) is 0.188. The van der Waals surface area contributed by atoms with Crippen molar-refractivity contribution in [3.05, 3.63) is 76.0 Å². The zero-order chi connectivity index (χ0) is 16.9. The van der Waals surface area contributed by atoms with Crippen molar-refractivity contribution in [1.29, 1.82) is 0 Å². The molecule has 2 aromatic heterocycles. The lowest BCUT2D eigenvalue weighted by Crippen LogP contribution is -2.04. The number of benzene rings is 1. The van der Waals surface area contributed by atoms with Gasteiger partial charge < -0.3 is 5.32 Å². The van der Waals surface area contributed by atoms with Crippen LogP contribution in [0.3, 0.4) is 0 Å². The largest absolute Gasteiger partial charge is 0.366 e. The lowest BCUT2D eigenvalue weighted by molar-refractivity contribution is -0.385. The van der Waals surface area contributed by atoms with Gasteiger partial charge in [-0.15, -0.1) is 0 Å². The predicted octanol–water partition coefficient (Wildman–Crippen LogP) is 2.55. The summed E-state index contributed by atoms with van der Waals surface area (Å²) in [5.74, 6) is 0.646. The highest BCUT2D eigenvalue weighted by Gasteiger charge is 2.09. The van der Waals surface area contributed by atoms with Gasteiger partial charge in [0, 0.05) is 12.6 Å². The number of nitrogens with zero attached hydrogens (tertiary/aromatic N) is 5. The second kappa shape index (κ2) is 6.86. The maximum atomic E-state index is 10.7. The molecule has 0 bridgehead atoms. The van der Waals surface area contributed by atoms with Gasteiger partial charge in [0.2, 0.25) is 0 Å². The number of aryl methyl sites for hydroxylation is 1. The van der Waals surface area contributed by atoms with Crippen molar-refractivity contribution in [2.75, 3.05) is 5.32 Å². The van der Waals surface area contributed by atoms with Crippen molar-refractivity contribution >= 4 is 11.5 Å². The number of hydrogen-bond acceptors (Lipinski definition) is 6. The molecule has 8 nitrogen and oxygen atoms in total. The van der Waals surface area contributed by atoms with Crippen molar-refractivity contribution in [1.82, 2.24) is 19.7 Å². The standard InChI is InChI=1S/C16H16N6O2/c1-12-6-15(22(23)24)8-19-16(12)18-7-13-2-4-14(5-3-13)9-21-11-17-10-20-21/h2-6,8,10-11H,7,9H2,1H3,(H,18,19). The highest BCUT2D eigenvalue weighted by molar-refractivity contribution is 5.48. The molecule has 3 rings (SSSR count). The van der Waals surface area contributed by atoms with Gasteiger partial charge >= 0.3 is 0 Å². The Hall–Kier alpha value is -3.29. The minimum atomic E-state index is -0.447. The molecule has 0 aliphatic heterocycles. The smallest absolute Gasteiger partial charge is 0.287 e. The molecule has 24 heavy (non-hydrogen) atoms. The van der Waals surface area contributed by atoms with Crippen LogP contribution in [-0.4, -0.2) is 24.7 Å². The molecule has 1 aromatic carbocycles. The Kier molecular flexibility index (Phi) is 4.46. The number of nitrogens with one attached hydrogen (secondary N) is 1. The normalized spacial score (nSPS) is 10.5. The molecular weight excluding hydrogens is 308 g/mol. The first-order valence-corrected chi connectivity index (χ1v) is 7.37. The molecule has 0 atom stereocenters. The summed E-state index contributed by atoms with van der Waals surface area (Å²) in [5.41, 5.74) is 2.97. The number of nitro groups is 1. The Bertz CT molecular complexity index is 830. The maximum absolute atomic E-state index is 10.7. The van der Waals surface area contributed by atoms with Gasteiger partial charge in [-0.2, -0.15) is 5.10 Å². The Balaban J connectivity index is 1.61. The quantitative estimate of drug-likeness (QED) is 0.552. The highest BCUT2D eigenvalue weighted by Crippen LogP contribution is 2.18.